The van der Waals surface area contributed by atoms with Gasteiger partial charge in [0.1, 0.15) is 5.15 Å². The van der Waals surface area contributed by atoms with Gasteiger partial charge in [0.25, 0.3) is 0 Å². The third-order valence-corrected chi connectivity index (χ3v) is 1.70. The minimum Gasteiger partial charge on any atom is -0.346 e. The number of halogens is 2. The Morgan fingerprint density at radius 2 is 1.91 bits per heavy atom. The Morgan fingerprint density at radius 3 is 2.64 bits per heavy atom. The van der Waals surface area contributed by atoms with Crippen LogP contribution in [0.3, 0.4) is 0 Å². The number of hydrogen-bond donors (Lipinski definition) is 1. The van der Waals surface area contributed by atoms with Gasteiger partial charge >= 0.3 is 0 Å². The van der Waals surface area contributed by atoms with Gasteiger partial charge in [0.2, 0.25) is 0 Å². The second kappa shape index (κ2) is 3.16. The molecule has 2 rings (SSSR count). The minimum atomic E-state index is 0. The fourth-order valence-corrected chi connectivity index (χ4v) is 1.26. The van der Waals surface area contributed by atoms with Crippen molar-refractivity contribution in [3.05, 3.63) is 35.5 Å². The Balaban J connectivity index is 0.000000605. The normalized spacial score (nSPS) is 9.55. The van der Waals surface area contributed by atoms with Gasteiger partial charge < -0.3 is 4.98 Å². The van der Waals surface area contributed by atoms with Crippen LogP contribution in [0.1, 0.15) is 0 Å². The minimum absolute atomic E-state index is 0. The predicted octanol–water partition coefficient (Wildman–Crippen LogP) is 3.24. The van der Waals surface area contributed by atoms with Crippen LogP contribution in [-0.4, -0.2) is 4.98 Å². The SMILES string of the molecule is Cl.Clc1cc2ccccc2[nH]1. The van der Waals surface area contributed by atoms with Crippen molar-refractivity contribution >= 4 is 34.9 Å². The van der Waals surface area contributed by atoms with Gasteiger partial charge in [-0.2, -0.15) is 0 Å². The molecule has 0 atom stereocenters. The molecule has 1 N–H and O–H groups in total. The van der Waals surface area contributed by atoms with Gasteiger partial charge in [-0.05, 0) is 12.1 Å². The maximum Gasteiger partial charge on any atom is 0.107 e. The van der Waals surface area contributed by atoms with E-state index in [1.54, 1.807) is 0 Å². The number of benzene rings is 1. The maximum atomic E-state index is 5.73. The predicted molar refractivity (Wildman–Crippen MR) is 50.6 cm³/mol. The highest BCUT2D eigenvalue weighted by Crippen LogP contribution is 2.17. The van der Waals surface area contributed by atoms with Gasteiger partial charge in [-0.3, -0.25) is 0 Å². The first-order valence-electron chi connectivity index (χ1n) is 3.09. The molecule has 0 aliphatic carbocycles. The second-order valence-electron chi connectivity index (χ2n) is 2.20. The van der Waals surface area contributed by atoms with Crippen LogP contribution in [-0.2, 0) is 0 Å². The molecule has 11 heavy (non-hydrogen) atoms. The lowest BCUT2D eigenvalue weighted by molar-refractivity contribution is 1.48. The lowest BCUT2D eigenvalue weighted by atomic mass is 10.3. The number of nitrogens with one attached hydrogen (secondary N) is 1. The molecule has 0 radical (unpaired) electrons. The molecule has 2 aromatic rings. The lowest BCUT2D eigenvalue weighted by Crippen LogP contribution is -1.62. The average molecular weight is 188 g/mol. The number of hydrogen-bond acceptors (Lipinski definition) is 0. The molecule has 0 saturated carbocycles. The summed E-state index contributed by atoms with van der Waals surface area (Å²) in [5.74, 6) is 0. The van der Waals surface area contributed by atoms with E-state index in [2.05, 4.69) is 4.98 Å². The quantitative estimate of drug-likeness (QED) is 0.653. The zero-order valence-corrected chi connectivity index (χ0v) is 7.25. The molecule has 0 bridgehead atoms. The number of fused-ring (bicyclic) bond motifs is 1. The van der Waals surface area contributed by atoms with Crippen LogP contribution >= 0.6 is 24.0 Å². The Hall–Kier alpha value is -0.660. The topological polar surface area (TPSA) is 15.8 Å². The van der Waals surface area contributed by atoms with Crippen LogP contribution < -0.4 is 0 Å². The Morgan fingerprint density at radius 1 is 1.18 bits per heavy atom. The van der Waals surface area contributed by atoms with Crippen LogP contribution in [0.2, 0.25) is 5.15 Å². The standard InChI is InChI=1S/C8H6ClN.ClH/c9-8-5-6-3-1-2-4-7(6)10-8;/h1-5,10H;1H. The van der Waals surface area contributed by atoms with E-state index in [9.17, 15) is 0 Å². The van der Waals surface area contributed by atoms with Crippen LogP contribution in [0, 0.1) is 0 Å². The van der Waals surface area contributed by atoms with Crippen LogP contribution in [0.25, 0.3) is 10.9 Å². The molecule has 1 aromatic heterocycles. The zero-order valence-electron chi connectivity index (χ0n) is 5.67. The first kappa shape index (κ1) is 8.44. The van der Waals surface area contributed by atoms with E-state index < -0.39 is 0 Å². The molecule has 0 saturated heterocycles. The molecule has 1 aromatic carbocycles. The molecule has 0 aliphatic heterocycles. The highest BCUT2D eigenvalue weighted by atomic mass is 35.5. The Labute approximate surface area is 75.8 Å². The van der Waals surface area contributed by atoms with Crippen molar-refractivity contribution in [2.45, 2.75) is 0 Å². The molecular formula is C8H7Cl2N. The molecule has 58 valence electrons. The largest absolute Gasteiger partial charge is 0.346 e. The van der Waals surface area contributed by atoms with E-state index in [0.717, 1.165) is 10.9 Å². The summed E-state index contributed by atoms with van der Waals surface area (Å²) in [6.07, 6.45) is 0. The van der Waals surface area contributed by atoms with E-state index in [4.69, 9.17) is 11.6 Å². The van der Waals surface area contributed by atoms with Crippen molar-refractivity contribution in [3.8, 4) is 0 Å². The molecule has 3 heteroatoms. The first-order valence-corrected chi connectivity index (χ1v) is 3.47. The molecular weight excluding hydrogens is 181 g/mol. The van der Waals surface area contributed by atoms with Crippen molar-refractivity contribution in [1.82, 2.24) is 4.98 Å². The van der Waals surface area contributed by atoms with Gasteiger partial charge in [0.05, 0.1) is 0 Å². The summed E-state index contributed by atoms with van der Waals surface area (Å²) in [4.78, 5) is 3.02. The Kier molecular flexibility index (Phi) is 2.42. The summed E-state index contributed by atoms with van der Waals surface area (Å²) in [5, 5.41) is 1.86. The maximum absolute atomic E-state index is 5.73. The highest BCUT2D eigenvalue weighted by molar-refractivity contribution is 6.30. The van der Waals surface area contributed by atoms with Crippen molar-refractivity contribution in [3.63, 3.8) is 0 Å². The fraction of sp³-hybridized carbons (Fsp3) is 0. The third kappa shape index (κ3) is 1.50. The average Bonchev–Trinajstić information content (AvgIpc) is 2.27. The molecule has 0 fully saturated rings. The van der Waals surface area contributed by atoms with Crippen molar-refractivity contribution in [1.29, 1.82) is 0 Å². The van der Waals surface area contributed by atoms with E-state index >= 15 is 0 Å². The van der Waals surface area contributed by atoms with Crippen LogP contribution in [0.15, 0.2) is 30.3 Å². The number of aromatic nitrogens is 1. The molecule has 0 aliphatic rings. The Bertz CT molecular complexity index is 321. The van der Waals surface area contributed by atoms with E-state index in [1.807, 2.05) is 30.3 Å². The number of rotatable bonds is 0. The van der Waals surface area contributed by atoms with E-state index in [0.29, 0.717) is 5.15 Å². The van der Waals surface area contributed by atoms with Gasteiger partial charge in [0, 0.05) is 10.9 Å². The molecule has 0 amide bonds. The zero-order chi connectivity index (χ0) is 6.97. The van der Waals surface area contributed by atoms with E-state index in [-0.39, 0.29) is 12.4 Å². The summed E-state index contributed by atoms with van der Waals surface area (Å²) in [6.45, 7) is 0. The first-order chi connectivity index (χ1) is 4.86. The molecule has 1 heterocycles. The lowest BCUT2D eigenvalue weighted by Gasteiger charge is -1.83. The summed E-state index contributed by atoms with van der Waals surface area (Å²) < 4.78 is 0. The van der Waals surface area contributed by atoms with Gasteiger partial charge in [-0.25, -0.2) is 0 Å². The van der Waals surface area contributed by atoms with Crippen LogP contribution in [0.5, 0.6) is 0 Å². The van der Waals surface area contributed by atoms with Gasteiger partial charge in [0.15, 0.2) is 0 Å². The molecule has 0 spiro atoms. The molecule has 0 unspecified atom stereocenters. The van der Waals surface area contributed by atoms with Crippen molar-refractivity contribution < 1.29 is 0 Å². The summed E-state index contributed by atoms with van der Waals surface area (Å²) in [6, 6.07) is 9.91. The third-order valence-electron chi connectivity index (χ3n) is 1.50. The van der Waals surface area contributed by atoms with Crippen molar-refractivity contribution in [2.24, 2.45) is 0 Å². The fourth-order valence-electron chi connectivity index (χ4n) is 1.04. The number of H-pyrrole nitrogens is 1. The van der Waals surface area contributed by atoms with Crippen LogP contribution in [0.4, 0.5) is 0 Å². The highest BCUT2D eigenvalue weighted by Gasteiger charge is 1.93. The summed E-state index contributed by atoms with van der Waals surface area (Å²) >= 11 is 5.73. The smallest absolute Gasteiger partial charge is 0.107 e. The number of para-hydroxylation sites is 1. The summed E-state index contributed by atoms with van der Waals surface area (Å²) in [7, 11) is 0. The molecule has 1 nitrogen and oxygen atoms in total. The number of aromatic amines is 1. The monoisotopic (exact) mass is 187 g/mol. The van der Waals surface area contributed by atoms with Gasteiger partial charge in [-0.1, -0.05) is 29.8 Å². The van der Waals surface area contributed by atoms with E-state index in [1.165, 1.54) is 0 Å². The van der Waals surface area contributed by atoms with Gasteiger partial charge in [-0.15, -0.1) is 12.4 Å². The second-order valence-corrected chi connectivity index (χ2v) is 2.61. The summed E-state index contributed by atoms with van der Waals surface area (Å²) in [5.41, 5.74) is 1.09. The van der Waals surface area contributed by atoms with Crippen molar-refractivity contribution in [2.75, 3.05) is 0 Å².